The van der Waals surface area contributed by atoms with Crippen molar-refractivity contribution in [3.63, 3.8) is 0 Å². The van der Waals surface area contributed by atoms with E-state index in [4.69, 9.17) is 0 Å². The van der Waals surface area contributed by atoms with E-state index in [1.54, 1.807) is 0 Å². The molecule has 3 rings (SSSR count). The van der Waals surface area contributed by atoms with E-state index in [1.807, 2.05) is 30.3 Å². The molecule has 1 aliphatic rings. The molecule has 1 heterocycles. The Labute approximate surface area is 92.0 Å². The maximum Gasteiger partial charge on any atom is 0.151 e. The molecule has 0 fully saturated rings. The molecular formula is C10H6BrNOS. The first kappa shape index (κ1) is 8.44. The Bertz CT molecular complexity index is 567. The average molecular weight is 268 g/mol. The van der Waals surface area contributed by atoms with E-state index < -0.39 is 11.0 Å². The minimum atomic E-state index is -1.09. The zero-order valence-electron chi connectivity index (χ0n) is 7.08. The molecule has 1 atom stereocenters. The number of hydrogen-bond donors (Lipinski definition) is 1. The largest absolute Gasteiger partial charge is 0.300 e. The van der Waals surface area contributed by atoms with Crippen molar-refractivity contribution in [1.82, 2.24) is 0 Å². The highest BCUT2D eigenvalue weighted by Gasteiger charge is 2.20. The Balaban J connectivity index is 2.58. The third kappa shape index (κ3) is 0.980. The normalized spacial score (nSPS) is 18.5. The molecule has 1 unspecified atom stereocenters. The van der Waals surface area contributed by atoms with Crippen LogP contribution in [0, 0.1) is 0 Å². The van der Waals surface area contributed by atoms with Crippen molar-refractivity contribution < 1.29 is 4.21 Å². The molecule has 0 spiro atoms. The van der Waals surface area contributed by atoms with Gasteiger partial charge in [-0.25, -0.2) is 4.21 Å². The van der Waals surface area contributed by atoms with Gasteiger partial charge >= 0.3 is 0 Å². The van der Waals surface area contributed by atoms with Gasteiger partial charge in [-0.15, -0.1) is 0 Å². The lowest BCUT2D eigenvalue weighted by Gasteiger charge is -2.00. The van der Waals surface area contributed by atoms with E-state index in [-0.39, 0.29) is 0 Å². The molecule has 0 amide bonds. The van der Waals surface area contributed by atoms with Crippen LogP contribution in [0.3, 0.4) is 0 Å². The fourth-order valence-electron chi connectivity index (χ4n) is 1.73. The van der Waals surface area contributed by atoms with Crippen LogP contribution in [0.1, 0.15) is 0 Å². The highest BCUT2D eigenvalue weighted by molar-refractivity contribution is 9.10. The van der Waals surface area contributed by atoms with Gasteiger partial charge in [-0.1, -0.05) is 28.1 Å². The van der Waals surface area contributed by atoms with Gasteiger partial charge in [0.25, 0.3) is 0 Å². The summed E-state index contributed by atoms with van der Waals surface area (Å²) in [5, 5.41) is 2.18. The standard InChI is InChI=1S/C10H6BrNOS/c11-7-4-5-8-10-6(7)2-1-3-9(10)14(13)12-8/h1-5,12H. The summed E-state index contributed by atoms with van der Waals surface area (Å²) >= 11 is 3.49. The molecule has 2 aromatic carbocycles. The number of anilines is 1. The first-order chi connectivity index (χ1) is 6.77. The van der Waals surface area contributed by atoms with Gasteiger partial charge in [0.05, 0.1) is 10.6 Å². The smallest absolute Gasteiger partial charge is 0.151 e. The first-order valence-electron chi connectivity index (χ1n) is 4.17. The van der Waals surface area contributed by atoms with Crippen molar-refractivity contribution in [2.45, 2.75) is 4.90 Å². The molecule has 2 aromatic rings. The Morgan fingerprint density at radius 3 is 2.93 bits per heavy atom. The highest BCUT2D eigenvalue weighted by Crippen LogP contribution is 2.38. The second-order valence-corrected chi connectivity index (χ2v) is 5.18. The number of nitrogens with one attached hydrogen (secondary N) is 1. The van der Waals surface area contributed by atoms with Gasteiger partial charge in [0, 0.05) is 9.86 Å². The summed E-state index contributed by atoms with van der Waals surface area (Å²) in [7, 11) is -1.09. The number of rotatable bonds is 0. The summed E-state index contributed by atoms with van der Waals surface area (Å²) in [6.07, 6.45) is 0. The van der Waals surface area contributed by atoms with E-state index >= 15 is 0 Å². The molecule has 70 valence electrons. The van der Waals surface area contributed by atoms with E-state index in [9.17, 15) is 4.21 Å². The number of benzene rings is 2. The molecular weight excluding hydrogens is 262 g/mol. The minimum absolute atomic E-state index is 0.874. The maximum atomic E-state index is 11.6. The summed E-state index contributed by atoms with van der Waals surface area (Å²) in [5.41, 5.74) is 0.956. The Kier molecular flexibility index (Phi) is 1.69. The topological polar surface area (TPSA) is 29.1 Å². The van der Waals surface area contributed by atoms with Crippen molar-refractivity contribution >= 4 is 43.4 Å². The van der Waals surface area contributed by atoms with Crippen molar-refractivity contribution in [2.75, 3.05) is 4.72 Å². The first-order valence-corrected chi connectivity index (χ1v) is 6.11. The number of halogens is 1. The van der Waals surface area contributed by atoms with Gasteiger partial charge in [-0.05, 0) is 23.6 Å². The molecule has 14 heavy (non-hydrogen) atoms. The second-order valence-electron chi connectivity index (χ2n) is 3.14. The molecule has 0 saturated carbocycles. The summed E-state index contributed by atoms with van der Waals surface area (Å²) in [6.45, 7) is 0. The monoisotopic (exact) mass is 267 g/mol. The summed E-state index contributed by atoms with van der Waals surface area (Å²) in [6, 6.07) is 9.76. The molecule has 1 N–H and O–H groups in total. The Morgan fingerprint density at radius 1 is 1.21 bits per heavy atom. The Hall–Kier alpha value is -0.870. The maximum absolute atomic E-state index is 11.6. The van der Waals surface area contributed by atoms with Crippen LogP contribution in [0.25, 0.3) is 10.8 Å². The molecule has 0 aromatic heterocycles. The molecule has 4 heteroatoms. The van der Waals surface area contributed by atoms with Crippen LogP contribution < -0.4 is 4.72 Å². The van der Waals surface area contributed by atoms with Crippen LogP contribution in [0.2, 0.25) is 0 Å². The SMILES string of the molecule is O=S1Nc2ccc(Br)c3cccc1c23. The average Bonchev–Trinajstić information content (AvgIpc) is 2.52. The van der Waals surface area contributed by atoms with Crippen LogP contribution in [0.15, 0.2) is 39.7 Å². The fraction of sp³-hybridized carbons (Fsp3) is 0. The lowest BCUT2D eigenvalue weighted by Crippen LogP contribution is -1.95. The van der Waals surface area contributed by atoms with Crippen molar-refractivity contribution in [3.05, 3.63) is 34.8 Å². The molecule has 0 bridgehead atoms. The van der Waals surface area contributed by atoms with E-state index in [1.165, 1.54) is 0 Å². The quantitative estimate of drug-likeness (QED) is 0.781. The lowest BCUT2D eigenvalue weighted by molar-refractivity contribution is 0.687. The van der Waals surface area contributed by atoms with Gasteiger partial charge in [0.15, 0.2) is 11.0 Å². The van der Waals surface area contributed by atoms with Crippen LogP contribution in [0.5, 0.6) is 0 Å². The summed E-state index contributed by atoms with van der Waals surface area (Å²) in [5.74, 6) is 0. The summed E-state index contributed by atoms with van der Waals surface area (Å²) in [4.78, 5) is 0.874. The Morgan fingerprint density at radius 2 is 2.07 bits per heavy atom. The van der Waals surface area contributed by atoms with Gasteiger partial charge in [0.2, 0.25) is 0 Å². The molecule has 2 nitrogen and oxygen atoms in total. The van der Waals surface area contributed by atoms with Crippen LogP contribution in [0.4, 0.5) is 5.69 Å². The third-order valence-electron chi connectivity index (χ3n) is 2.35. The fourth-order valence-corrected chi connectivity index (χ4v) is 3.28. The van der Waals surface area contributed by atoms with Crippen molar-refractivity contribution in [1.29, 1.82) is 0 Å². The molecule has 0 saturated heterocycles. The van der Waals surface area contributed by atoms with Gasteiger partial charge in [0.1, 0.15) is 0 Å². The zero-order valence-corrected chi connectivity index (χ0v) is 9.48. The third-order valence-corrected chi connectivity index (χ3v) is 4.19. The van der Waals surface area contributed by atoms with Crippen LogP contribution >= 0.6 is 15.9 Å². The zero-order chi connectivity index (χ0) is 9.71. The van der Waals surface area contributed by atoms with E-state index in [2.05, 4.69) is 20.7 Å². The molecule has 0 radical (unpaired) electrons. The van der Waals surface area contributed by atoms with Gasteiger partial charge < -0.3 is 4.72 Å². The predicted molar refractivity (Wildman–Crippen MR) is 61.7 cm³/mol. The van der Waals surface area contributed by atoms with E-state index in [0.717, 1.165) is 25.8 Å². The van der Waals surface area contributed by atoms with Crippen LogP contribution in [-0.4, -0.2) is 4.21 Å². The van der Waals surface area contributed by atoms with Crippen molar-refractivity contribution in [3.8, 4) is 0 Å². The van der Waals surface area contributed by atoms with Crippen molar-refractivity contribution in [2.24, 2.45) is 0 Å². The van der Waals surface area contributed by atoms with Crippen LogP contribution in [-0.2, 0) is 11.0 Å². The predicted octanol–water partition coefficient (Wildman–Crippen LogP) is 3.05. The molecule has 0 aliphatic carbocycles. The number of hydrogen-bond acceptors (Lipinski definition) is 1. The summed E-state index contributed by atoms with van der Waals surface area (Å²) < 4.78 is 15.6. The molecule has 1 aliphatic heterocycles. The van der Waals surface area contributed by atoms with Gasteiger partial charge in [-0.2, -0.15) is 0 Å². The van der Waals surface area contributed by atoms with E-state index in [0.29, 0.717) is 0 Å². The van der Waals surface area contributed by atoms with Gasteiger partial charge in [-0.3, -0.25) is 0 Å². The lowest BCUT2D eigenvalue weighted by atomic mass is 10.1. The second kappa shape index (κ2) is 2.81. The highest BCUT2D eigenvalue weighted by atomic mass is 79.9. The minimum Gasteiger partial charge on any atom is -0.300 e.